The minimum atomic E-state index is -1.28. The van der Waals surface area contributed by atoms with Crippen molar-refractivity contribution in [1.29, 1.82) is 0 Å². The molecule has 0 spiro atoms. The van der Waals surface area contributed by atoms with E-state index in [0.29, 0.717) is 12.1 Å². The molecule has 0 heterocycles. The van der Waals surface area contributed by atoms with Crippen LogP contribution in [0.1, 0.15) is 69.7 Å². The van der Waals surface area contributed by atoms with Gasteiger partial charge in [0.25, 0.3) is 0 Å². The Hall–Kier alpha value is -3.10. The molecule has 9 nitrogen and oxygen atoms in total. The van der Waals surface area contributed by atoms with Crippen molar-refractivity contribution < 1.29 is 23.9 Å². The summed E-state index contributed by atoms with van der Waals surface area (Å²) in [6.45, 7) is 11.3. The van der Waals surface area contributed by atoms with E-state index in [4.69, 9.17) is 10.5 Å². The average molecular weight is 463 g/mol. The number of primary amides is 1. The van der Waals surface area contributed by atoms with Crippen LogP contribution in [0.4, 0.5) is 4.79 Å². The third-order valence-electron chi connectivity index (χ3n) is 4.94. The fourth-order valence-corrected chi connectivity index (χ4v) is 3.29. The quantitative estimate of drug-likeness (QED) is 0.460. The smallest absolute Gasteiger partial charge is 0.408 e. The Labute approximate surface area is 196 Å². The highest BCUT2D eigenvalue weighted by atomic mass is 16.6. The van der Waals surface area contributed by atoms with Crippen molar-refractivity contribution in [2.45, 2.75) is 78.5 Å². The summed E-state index contributed by atoms with van der Waals surface area (Å²) < 4.78 is 5.22. The van der Waals surface area contributed by atoms with Crippen molar-refractivity contribution >= 4 is 23.8 Å². The summed E-state index contributed by atoms with van der Waals surface area (Å²) in [6.07, 6.45) is 0.419. The third kappa shape index (κ3) is 9.11. The predicted octanol–water partition coefficient (Wildman–Crippen LogP) is 2.49. The second-order valence-corrected chi connectivity index (χ2v) is 9.23. The monoisotopic (exact) mass is 462 g/mol. The number of nitrogens with two attached hydrogens (primary N) is 1. The van der Waals surface area contributed by atoms with Gasteiger partial charge in [-0.15, -0.1) is 0 Å². The molecule has 0 aliphatic heterocycles. The molecule has 2 unspecified atom stereocenters. The lowest BCUT2D eigenvalue weighted by molar-refractivity contribution is -0.141. The molecule has 184 valence electrons. The largest absolute Gasteiger partial charge is 0.444 e. The number of aryl methyl sites for hydroxylation is 2. The highest BCUT2D eigenvalue weighted by Crippen LogP contribution is 2.25. The second-order valence-electron chi connectivity index (χ2n) is 9.23. The summed E-state index contributed by atoms with van der Waals surface area (Å²) in [5, 5.41) is 5.30. The molecule has 2 atom stereocenters. The Morgan fingerprint density at radius 1 is 1.15 bits per heavy atom. The van der Waals surface area contributed by atoms with E-state index in [1.165, 1.54) is 11.9 Å². The van der Waals surface area contributed by atoms with Gasteiger partial charge in [-0.3, -0.25) is 14.4 Å². The van der Waals surface area contributed by atoms with E-state index in [2.05, 4.69) is 10.6 Å². The number of carbonyl (C=O) groups is 4. The number of rotatable bonds is 10. The number of likely N-dealkylation sites (N-methyl/N-ethyl adjacent to an activating group) is 1. The molecule has 1 aromatic rings. The number of ether oxygens (including phenoxy) is 1. The van der Waals surface area contributed by atoms with Crippen LogP contribution in [0.15, 0.2) is 18.2 Å². The molecule has 9 heteroatoms. The van der Waals surface area contributed by atoms with E-state index in [1.807, 2.05) is 39.0 Å². The van der Waals surface area contributed by atoms with Crippen LogP contribution < -0.4 is 16.4 Å². The lowest BCUT2D eigenvalue weighted by atomic mass is 9.96. The van der Waals surface area contributed by atoms with Crippen molar-refractivity contribution in [3.05, 3.63) is 34.9 Å². The zero-order valence-corrected chi connectivity index (χ0v) is 20.8. The highest BCUT2D eigenvalue weighted by molar-refractivity contribution is 5.94. The van der Waals surface area contributed by atoms with Crippen LogP contribution in [0.25, 0.3) is 0 Å². The van der Waals surface area contributed by atoms with Gasteiger partial charge in [0.1, 0.15) is 17.7 Å². The first kappa shape index (κ1) is 27.9. The van der Waals surface area contributed by atoms with Crippen molar-refractivity contribution in [2.75, 3.05) is 13.6 Å². The number of benzene rings is 1. The molecular weight excluding hydrogens is 424 g/mol. The van der Waals surface area contributed by atoms with Crippen LogP contribution in [0, 0.1) is 13.8 Å². The predicted molar refractivity (Wildman–Crippen MR) is 126 cm³/mol. The number of hydrogen-bond acceptors (Lipinski definition) is 5. The lowest BCUT2D eigenvalue weighted by Crippen LogP contribution is -2.53. The molecule has 1 aromatic carbocycles. The van der Waals surface area contributed by atoms with Gasteiger partial charge in [0, 0.05) is 13.6 Å². The summed E-state index contributed by atoms with van der Waals surface area (Å²) in [5.41, 5.74) is 6.96. The molecule has 0 aromatic heterocycles. The molecule has 33 heavy (non-hydrogen) atoms. The molecule has 4 amide bonds. The van der Waals surface area contributed by atoms with Crippen molar-refractivity contribution in [3.63, 3.8) is 0 Å². The average Bonchev–Trinajstić information content (AvgIpc) is 2.68. The number of alkyl carbamates (subject to hydrolysis) is 1. The molecule has 0 saturated heterocycles. The fourth-order valence-electron chi connectivity index (χ4n) is 3.29. The minimum absolute atomic E-state index is 0.344. The maximum absolute atomic E-state index is 13.4. The van der Waals surface area contributed by atoms with E-state index >= 15 is 0 Å². The van der Waals surface area contributed by atoms with Gasteiger partial charge < -0.3 is 26.0 Å². The van der Waals surface area contributed by atoms with E-state index in [9.17, 15) is 19.2 Å². The molecule has 0 radical (unpaired) electrons. The molecule has 0 fully saturated rings. The molecule has 0 saturated carbocycles. The molecule has 4 N–H and O–H groups in total. The van der Waals surface area contributed by atoms with Crippen LogP contribution in [0.2, 0.25) is 0 Å². The van der Waals surface area contributed by atoms with Crippen LogP contribution >= 0.6 is 0 Å². The fraction of sp³-hybridized carbons (Fsp3) is 0.583. The summed E-state index contributed by atoms with van der Waals surface area (Å²) in [5.74, 6) is -1.74. The van der Waals surface area contributed by atoms with Gasteiger partial charge in [0.05, 0.1) is 6.42 Å². The van der Waals surface area contributed by atoms with E-state index in [1.54, 1.807) is 20.8 Å². The number of unbranched alkanes of at least 4 members (excludes halogenated alkanes) is 1. The highest BCUT2D eigenvalue weighted by Gasteiger charge is 2.35. The summed E-state index contributed by atoms with van der Waals surface area (Å²) in [4.78, 5) is 51.7. The van der Waals surface area contributed by atoms with E-state index < -0.39 is 42.0 Å². The van der Waals surface area contributed by atoms with Gasteiger partial charge in [-0.2, -0.15) is 0 Å². The molecular formula is C24H38N4O5. The van der Waals surface area contributed by atoms with Crippen LogP contribution in [-0.4, -0.2) is 54.0 Å². The second kappa shape index (κ2) is 12.2. The van der Waals surface area contributed by atoms with Crippen LogP contribution in [0.3, 0.4) is 0 Å². The number of carbonyl (C=O) groups excluding carboxylic acids is 4. The summed E-state index contributed by atoms with van der Waals surface area (Å²) in [7, 11) is 1.47. The van der Waals surface area contributed by atoms with Crippen molar-refractivity contribution in [1.82, 2.24) is 15.5 Å². The first-order valence-corrected chi connectivity index (χ1v) is 11.2. The normalized spacial score (nSPS) is 12.9. The van der Waals surface area contributed by atoms with Gasteiger partial charge in [-0.1, -0.05) is 37.1 Å². The number of nitrogens with one attached hydrogen (secondary N) is 2. The van der Waals surface area contributed by atoms with Crippen LogP contribution in [0.5, 0.6) is 0 Å². The Morgan fingerprint density at radius 2 is 1.79 bits per heavy atom. The lowest BCUT2D eigenvalue weighted by Gasteiger charge is -2.32. The Kier molecular flexibility index (Phi) is 10.3. The zero-order chi connectivity index (χ0) is 25.3. The number of nitrogens with zero attached hydrogens (tertiary/aromatic N) is 1. The number of amides is 4. The molecule has 0 bridgehead atoms. The Bertz CT molecular complexity index is 863. The summed E-state index contributed by atoms with van der Waals surface area (Å²) >= 11 is 0. The molecule has 0 aliphatic carbocycles. The zero-order valence-electron chi connectivity index (χ0n) is 20.8. The first-order chi connectivity index (χ1) is 15.3. The van der Waals surface area contributed by atoms with E-state index in [-0.39, 0.29) is 5.91 Å². The third-order valence-corrected chi connectivity index (χ3v) is 4.94. The van der Waals surface area contributed by atoms with Gasteiger partial charge in [-0.05, 0) is 52.2 Å². The molecule has 0 aliphatic rings. The first-order valence-electron chi connectivity index (χ1n) is 11.2. The van der Waals surface area contributed by atoms with Gasteiger partial charge in [-0.25, -0.2) is 4.79 Å². The van der Waals surface area contributed by atoms with Gasteiger partial charge >= 0.3 is 6.09 Å². The Balaban J connectivity index is 3.29. The number of hydrogen-bond donors (Lipinski definition) is 3. The SMILES string of the molecule is CCCCNC(=O)C(c1cc(C)ccc1C)N(C)C(=O)C(CC(N)=O)NC(=O)OC(C)(C)C. The minimum Gasteiger partial charge on any atom is -0.444 e. The van der Waals surface area contributed by atoms with Gasteiger partial charge in [0.15, 0.2) is 0 Å². The maximum atomic E-state index is 13.4. The van der Waals surface area contributed by atoms with Crippen molar-refractivity contribution in [2.24, 2.45) is 5.73 Å². The maximum Gasteiger partial charge on any atom is 0.408 e. The Morgan fingerprint density at radius 3 is 2.33 bits per heavy atom. The van der Waals surface area contributed by atoms with E-state index in [0.717, 1.165) is 24.0 Å². The molecule has 1 rings (SSSR count). The van der Waals surface area contributed by atoms with Crippen molar-refractivity contribution in [3.8, 4) is 0 Å². The summed E-state index contributed by atoms with van der Waals surface area (Å²) in [6, 6.07) is 3.43. The topological polar surface area (TPSA) is 131 Å². The standard InChI is InChI=1S/C24H38N4O5/c1-8-9-12-26-21(30)20(17-13-15(2)10-11-16(17)3)28(7)22(31)18(14-19(25)29)27-23(32)33-24(4,5)6/h10-11,13,18,20H,8-9,12,14H2,1-7H3,(H2,25,29)(H,26,30)(H,27,32). The van der Waals surface area contributed by atoms with Crippen LogP contribution in [-0.2, 0) is 19.1 Å². The van der Waals surface area contributed by atoms with Gasteiger partial charge in [0.2, 0.25) is 17.7 Å².